The number of amides is 1. The summed E-state index contributed by atoms with van der Waals surface area (Å²) >= 11 is 1.32. The van der Waals surface area contributed by atoms with Gasteiger partial charge in [-0.15, -0.1) is 11.3 Å². The minimum absolute atomic E-state index is 0.212. The number of alkyl halides is 3. The van der Waals surface area contributed by atoms with Gasteiger partial charge in [0.15, 0.2) is 0 Å². The Morgan fingerprint density at radius 3 is 2.76 bits per heavy atom. The van der Waals surface area contributed by atoms with Gasteiger partial charge in [0.1, 0.15) is 11.1 Å². The molecule has 2 N–H and O–H groups in total. The van der Waals surface area contributed by atoms with E-state index < -0.39 is 17.8 Å². The fourth-order valence-electron chi connectivity index (χ4n) is 2.35. The van der Waals surface area contributed by atoms with Crippen LogP contribution in [0.25, 0.3) is 10.6 Å². The van der Waals surface area contributed by atoms with Crippen molar-refractivity contribution in [2.24, 2.45) is 0 Å². The first kappa shape index (κ1) is 17.8. The number of halogens is 3. The van der Waals surface area contributed by atoms with E-state index in [2.05, 4.69) is 15.6 Å². The lowest BCUT2D eigenvalue weighted by molar-refractivity contribution is -0.137. The van der Waals surface area contributed by atoms with E-state index in [0.717, 1.165) is 18.7 Å². The average molecular weight is 371 g/mol. The normalized spacial score (nSPS) is 18.1. The fourth-order valence-corrected chi connectivity index (χ4v) is 3.17. The van der Waals surface area contributed by atoms with Gasteiger partial charge in [-0.25, -0.2) is 4.98 Å². The number of thiazole rings is 1. The number of carbonyl (C=O) groups is 1. The van der Waals surface area contributed by atoms with E-state index in [1.54, 1.807) is 5.38 Å². The van der Waals surface area contributed by atoms with Crippen molar-refractivity contribution >= 4 is 17.2 Å². The van der Waals surface area contributed by atoms with Gasteiger partial charge in [0, 0.05) is 24.0 Å². The van der Waals surface area contributed by atoms with Crippen LogP contribution in [0.15, 0.2) is 29.6 Å². The highest BCUT2D eigenvalue weighted by Gasteiger charge is 2.30. The van der Waals surface area contributed by atoms with Crippen LogP contribution in [-0.4, -0.2) is 36.7 Å². The Morgan fingerprint density at radius 2 is 2.12 bits per heavy atom. The summed E-state index contributed by atoms with van der Waals surface area (Å²) in [5.41, 5.74) is 0.564. The lowest BCUT2D eigenvalue weighted by atomic mass is 10.1. The molecule has 1 saturated heterocycles. The largest absolute Gasteiger partial charge is 0.416 e. The summed E-state index contributed by atoms with van der Waals surface area (Å²) in [7, 11) is 0. The minimum atomic E-state index is -4.35. The monoisotopic (exact) mass is 371 g/mol. The molecule has 1 aromatic heterocycles. The molecule has 1 amide bonds. The third kappa shape index (κ3) is 4.56. The van der Waals surface area contributed by atoms with Crippen LogP contribution in [0.3, 0.4) is 0 Å². The Bertz CT molecular complexity index is 725. The van der Waals surface area contributed by atoms with Crippen LogP contribution in [0.1, 0.15) is 11.3 Å². The third-order valence-electron chi connectivity index (χ3n) is 3.67. The van der Waals surface area contributed by atoms with E-state index in [9.17, 15) is 18.0 Å². The third-order valence-corrected chi connectivity index (χ3v) is 4.61. The smallest absolute Gasteiger partial charge is 0.366 e. The van der Waals surface area contributed by atoms with Crippen molar-refractivity contribution in [2.45, 2.75) is 18.8 Å². The summed E-state index contributed by atoms with van der Waals surface area (Å²) in [4.78, 5) is 16.3. The Kier molecular flexibility index (Phi) is 5.36. The number of aromatic nitrogens is 1. The van der Waals surface area contributed by atoms with Gasteiger partial charge in [0.25, 0.3) is 5.91 Å². The fraction of sp³-hybridized carbons (Fsp3) is 0.375. The molecule has 0 bridgehead atoms. The van der Waals surface area contributed by atoms with Crippen molar-refractivity contribution in [3.05, 3.63) is 40.9 Å². The van der Waals surface area contributed by atoms with Gasteiger partial charge >= 0.3 is 6.18 Å². The summed E-state index contributed by atoms with van der Waals surface area (Å²) in [5.74, 6) is -0.212. The van der Waals surface area contributed by atoms with Crippen LogP contribution in [0, 0.1) is 0 Å². The number of hydrogen-bond donors (Lipinski definition) is 2. The van der Waals surface area contributed by atoms with E-state index in [-0.39, 0.29) is 12.5 Å². The number of morpholine rings is 1. The average Bonchev–Trinajstić information content (AvgIpc) is 3.09. The maximum absolute atomic E-state index is 12.6. The summed E-state index contributed by atoms with van der Waals surface area (Å²) in [6.45, 7) is 1.94. The maximum Gasteiger partial charge on any atom is 0.416 e. The molecule has 0 spiro atoms. The lowest BCUT2D eigenvalue weighted by Gasteiger charge is -2.22. The molecule has 2 heterocycles. The summed E-state index contributed by atoms with van der Waals surface area (Å²) in [6, 6.07) is 4.86. The Hall–Kier alpha value is -1.97. The van der Waals surface area contributed by atoms with Crippen molar-refractivity contribution in [3.8, 4) is 10.6 Å². The number of ether oxygens (including phenoxy) is 1. The first-order valence-electron chi connectivity index (χ1n) is 7.65. The van der Waals surface area contributed by atoms with Crippen LogP contribution in [0.4, 0.5) is 13.2 Å². The van der Waals surface area contributed by atoms with Crippen LogP contribution in [-0.2, 0) is 22.3 Å². The van der Waals surface area contributed by atoms with Gasteiger partial charge in [0.2, 0.25) is 0 Å². The Labute approximate surface area is 146 Å². The van der Waals surface area contributed by atoms with Crippen LogP contribution in [0.5, 0.6) is 0 Å². The molecule has 1 aliphatic rings. The zero-order chi connectivity index (χ0) is 17.9. The van der Waals surface area contributed by atoms with Gasteiger partial charge in [-0.2, -0.15) is 13.2 Å². The molecule has 1 unspecified atom stereocenters. The van der Waals surface area contributed by atoms with Crippen LogP contribution < -0.4 is 10.6 Å². The molecule has 1 aromatic carbocycles. The van der Waals surface area contributed by atoms with Crippen LogP contribution in [0.2, 0.25) is 0 Å². The number of nitrogens with one attached hydrogen (secondary N) is 2. The molecule has 0 aliphatic carbocycles. The van der Waals surface area contributed by atoms with Crippen molar-refractivity contribution in [1.82, 2.24) is 15.6 Å². The first-order chi connectivity index (χ1) is 11.9. The number of nitrogens with zero attached hydrogens (tertiary/aromatic N) is 1. The summed E-state index contributed by atoms with van der Waals surface area (Å²) in [6.07, 6.45) is -4.87. The molecular formula is C16H16F3N3O2S. The second-order valence-electron chi connectivity index (χ2n) is 5.50. The predicted octanol–water partition coefficient (Wildman–Crippen LogP) is 2.43. The second-order valence-corrected chi connectivity index (χ2v) is 6.36. The van der Waals surface area contributed by atoms with Gasteiger partial charge in [-0.3, -0.25) is 4.79 Å². The zero-order valence-electron chi connectivity index (χ0n) is 13.1. The van der Waals surface area contributed by atoms with Gasteiger partial charge in [0.05, 0.1) is 24.4 Å². The molecule has 0 radical (unpaired) electrons. The Morgan fingerprint density at radius 1 is 1.36 bits per heavy atom. The zero-order valence-corrected chi connectivity index (χ0v) is 13.9. The SMILES string of the molecule is O=C(NCc1csc(-c2ccc(C(F)(F)F)cc2)n1)C1CNCCO1. The number of hydrogen-bond acceptors (Lipinski definition) is 5. The molecule has 1 fully saturated rings. The molecule has 9 heteroatoms. The summed E-state index contributed by atoms with van der Waals surface area (Å²) in [5, 5.41) is 8.21. The maximum atomic E-state index is 12.6. The molecule has 1 aliphatic heterocycles. The van der Waals surface area contributed by atoms with Crippen molar-refractivity contribution in [2.75, 3.05) is 19.7 Å². The Balaban J connectivity index is 1.59. The van der Waals surface area contributed by atoms with Crippen molar-refractivity contribution in [1.29, 1.82) is 0 Å². The quantitative estimate of drug-likeness (QED) is 0.867. The molecular weight excluding hydrogens is 355 g/mol. The topological polar surface area (TPSA) is 63.2 Å². The molecule has 2 aromatic rings. The van der Waals surface area contributed by atoms with Crippen LogP contribution >= 0.6 is 11.3 Å². The van der Waals surface area contributed by atoms with Gasteiger partial charge in [-0.1, -0.05) is 12.1 Å². The number of benzene rings is 1. The standard InChI is InChI=1S/C16H16F3N3O2S/c17-16(18,19)11-3-1-10(2-4-11)15-22-12(9-25-15)7-21-14(23)13-8-20-5-6-24-13/h1-4,9,13,20H,5-8H2,(H,21,23). The molecule has 5 nitrogen and oxygen atoms in total. The van der Waals surface area contributed by atoms with Gasteiger partial charge in [-0.05, 0) is 12.1 Å². The molecule has 0 saturated carbocycles. The highest BCUT2D eigenvalue weighted by molar-refractivity contribution is 7.13. The van der Waals surface area contributed by atoms with Crippen molar-refractivity contribution in [3.63, 3.8) is 0 Å². The molecule has 1 atom stereocenters. The summed E-state index contributed by atoms with van der Waals surface area (Å²) < 4.78 is 43.1. The van der Waals surface area contributed by atoms with E-state index in [0.29, 0.717) is 29.4 Å². The molecule has 134 valence electrons. The van der Waals surface area contributed by atoms with Crippen molar-refractivity contribution < 1.29 is 22.7 Å². The lowest BCUT2D eigenvalue weighted by Crippen LogP contribution is -2.47. The molecule has 25 heavy (non-hydrogen) atoms. The van der Waals surface area contributed by atoms with E-state index in [1.165, 1.54) is 23.5 Å². The number of carbonyl (C=O) groups excluding carboxylic acids is 1. The highest BCUT2D eigenvalue weighted by atomic mass is 32.1. The number of rotatable bonds is 4. The van der Waals surface area contributed by atoms with E-state index in [4.69, 9.17) is 4.74 Å². The first-order valence-corrected chi connectivity index (χ1v) is 8.53. The highest BCUT2D eigenvalue weighted by Crippen LogP contribution is 2.31. The van der Waals surface area contributed by atoms with E-state index in [1.807, 2.05) is 0 Å². The second kappa shape index (κ2) is 7.51. The predicted molar refractivity (Wildman–Crippen MR) is 87.0 cm³/mol. The van der Waals surface area contributed by atoms with Gasteiger partial charge < -0.3 is 15.4 Å². The molecule has 3 rings (SSSR count). The van der Waals surface area contributed by atoms with E-state index >= 15 is 0 Å². The minimum Gasteiger partial charge on any atom is -0.366 e.